The number of hydrogen-bond donors (Lipinski definition) is 0. The first-order valence-electron chi connectivity index (χ1n) is 8.61. The summed E-state index contributed by atoms with van der Waals surface area (Å²) in [4.78, 5) is 2.18. The number of aryl methyl sites for hydroxylation is 1. The zero-order valence-electron chi connectivity index (χ0n) is 14.2. The molecule has 5 nitrogen and oxygen atoms in total. The van der Waals surface area contributed by atoms with Gasteiger partial charge in [-0.25, -0.2) is 13.1 Å². The predicted molar refractivity (Wildman–Crippen MR) is 96.1 cm³/mol. The van der Waals surface area contributed by atoms with E-state index in [-0.39, 0.29) is 11.5 Å². The average molecular weight is 347 g/mol. The minimum atomic E-state index is -2.82. The molecule has 1 fully saturated rings. The van der Waals surface area contributed by atoms with Crippen LogP contribution in [0, 0.1) is 0 Å². The summed E-state index contributed by atoms with van der Waals surface area (Å²) in [5, 5.41) is 4.44. The lowest BCUT2D eigenvalue weighted by molar-refractivity contribution is 0.287. The molecule has 0 saturated carbocycles. The van der Waals surface area contributed by atoms with Gasteiger partial charge in [0, 0.05) is 31.4 Å². The van der Waals surface area contributed by atoms with E-state index < -0.39 is 9.84 Å². The third-order valence-electron chi connectivity index (χ3n) is 4.50. The summed E-state index contributed by atoms with van der Waals surface area (Å²) in [5.41, 5.74) is 3.54. The molecule has 2 aromatic rings. The maximum absolute atomic E-state index is 11.5. The summed E-state index contributed by atoms with van der Waals surface area (Å²) >= 11 is 0. The SMILES string of the molecule is CCCCc1ccc(-n2cc(CN3CCS(=O)(=O)CC3)cn2)cc1. The topological polar surface area (TPSA) is 55.2 Å². The van der Waals surface area contributed by atoms with Gasteiger partial charge in [-0.15, -0.1) is 0 Å². The Labute approximate surface area is 144 Å². The largest absolute Gasteiger partial charge is 0.297 e. The Hall–Kier alpha value is -1.66. The standard InChI is InChI=1S/C18H25N3O2S/c1-2-3-4-16-5-7-18(8-6-16)21-15-17(13-19-21)14-20-9-11-24(22,23)12-10-20/h5-8,13,15H,2-4,9-12,14H2,1H3. The molecule has 24 heavy (non-hydrogen) atoms. The van der Waals surface area contributed by atoms with Crippen LogP contribution in [0.2, 0.25) is 0 Å². The van der Waals surface area contributed by atoms with E-state index in [4.69, 9.17) is 0 Å². The highest BCUT2D eigenvalue weighted by atomic mass is 32.2. The van der Waals surface area contributed by atoms with Gasteiger partial charge in [-0.3, -0.25) is 4.90 Å². The van der Waals surface area contributed by atoms with Crippen molar-refractivity contribution >= 4 is 9.84 Å². The van der Waals surface area contributed by atoms with Crippen molar-refractivity contribution in [1.29, 1.82) is 0 Å². The number of hydrogen-bond acceptors (Lipinski definition) is 4. The summed E-state index contributed by atoms with van der Waals surface area (Å²) in [6.45, 7) is 4.18. The molecular formula is C18H25N3O2S. The van der Waals surface area contributed by atoms with Crippen LogP contribution in [-0.2, 0) is 22.8 Å². The van der Waals surface area contributed by atoms with Gasteiger partial charge in [0.25, 0.3) is 0 Å². The first-order valence-corrected chi connectivity index (χ1v) is 10.4. The summed E-state index contributed by atoms with van der Waals surface area (Å²) in [5.74, 6) is 0.528. The van der Waals surface area contributed by atoms with Crippen molar-refractivity contribution in [3.8, 4) is 5.69 Å². The van der Waals surface area contributed by atoms with Gasteiger partial charge >= 0.3 is 0 Å². The van der Waals surface area contributed by atoms with Crippen LogP contribution in [0.3, 0.4) is 0 Å². The quantitative estimate of drug-likeness (QED) is 0.805. The second-order valence-electron chi connectivity index (χ2n) is 6.49. The number of aromatic nitrogens is 2. The molecule has 0 unspecified atom stereocenters. The zero-order chi connectivity index (χ0) is 17.0. The van der Waals surface area contributed by atoms with Crippen molar-refractivity contribution in [1.82, 2.24) is 14.7 Å². The Kier molecular flexibility index (Phi) is 5.36. The first kappa shape index (κ1) is 17.2. The second-order valence-corrected chi connectivity index (χ2v) is 8.79. The van der Waals surface area contributed by atoms with E-state index in [0.717, 1.165) is 24.2 Å². The van der Waals surface area contributed by atoms with Crippen LogP contribution in [0.5, 0.6) is 0 Å². The smallest absolute Gasteiger partial charge is 0.152 e. The lowest BCUT2D eigenvalue weighted by Crippen LogP contribution is -2.39. The minimum absolute atomic E-state index is 0.264. The third kappa shape index (κ3) is 4.45. The van der Waals surface area contributed by atoms with Crippen LogP contribution >= 0.6 is 0 Å². The van der Waals surface area contributed by atoms with Gasteiger partial charge in [0.1, 0.15) is 0 Å². The van der Waals surface area contributed by atoms with Crippen molar-refractivity contribution in [2.24, 2.45) is 0 Å². The fraction of sp³-hybridized carbons (Fsp3) is 0.500. The Morgan fingerprint density at radius 1 is 1.08 bits per heavy atom. The van der Waals surface area contributed by atoms with Crippen LogP contribution in [0.4, 0.5) is 0 Å². The Balaban J connectivity index is 1.61. The summed E-state index contributed by atoms with van der Waals surface area (Å²) in [6.07, 6.45) is 7.45. The molecule has 0 bridgehead atoms. The van der Waals surface area contributed by atoms with Crippen molar-refractivity contribution in [2.45, 2.75) is 32.7 Å². The summed E-state index contributed by atoms with van der Waals surface area (Å²) < 4.78 is 24.9. The monoisotopic (exact) mass is 347 g/mol. The molecule has 0 atom stereocenters. The third-order valence-corrected chi connectivity index (χ3v) is 6.11. The normalized spacial score (nSPS) is 17.9. The average Bonchev–Trinajstić information content (AvgIpc) is 3.04. The molecule has 0 aliphatic carbocycles. The van der Waals surface area contributed by atoms with Crippen molar-refractivity contribution in [2.75, 3.05) is 24.6 Å². The van der Waals surface area contributed by atoms with Crippen LogP contribution in [0.15, 0.2) is 36.7 Å². The highest BCUT2D eigenvalue weighted by molar-refractivity contribution is 7.91. The Bertz CT molecular complexity index is 752. The second kappa shape index (κ2) is 7.49. The predicted octanol–water partition coefficient (Wildman–Crippen LogP) is 2.45. The number of nitrogens with zero attached hydrogens (tertiary/aromatic N) is 3. The fourth-order valence-electron chi connectivity index (χ4n) is 2.95. The van der Waals surface area contributed by atoms with E-state index in [9.17, 15) is 8.42 Å². The van der Waals surface area contributed by atoms with Gasteiger partial charge in [0.2, 0.25) is 0 Å². The molecule has 1 aromatic heterocycles. The van der Waals surface area contributed by atoms with E-state index in [1.807, 2.05) is 17.1 Å². The van der Waals surface area contributed by atoms with Gasteiger partial charge in [0.15, 0.2) is 9.84 Å². The molecule has 1 aliphatic rings. The number of unbranched alkanes of at least 4 members (excludes halogenated alkanes) is 1. The molecule has 1 saturated heterocycles. The Morgan fingerprint density at radius 2 is 1.79 bits per heavy atom. The molecule has 0 radical (unpaired) electrons. The minimum Gasteiger partial charge on any atom is -0.297 e. The van der Waals surface area contributed by atoms with Gasteiger partial charge in [-0.05, 0) is 30.5 Å². The molecular weight excluding hydrogens is 322 g/mol. The lowest BCUT2D eigenvalue weighted by atomic mass is 10.1. The molecule has 0 N–H and O–H groups in total. The van der Waals surface area contributed by atoms with E-state index >= 15 is 0 Å². The van der Waals surface area contributed by atoms with Crippen molar-refractivity contribution in [3.05, 3.63) is 47.8 Å². The highest BCUT2D eigenvalue weighted by Crippen LogP contribution is 2.14. The maximum Gasteiger partial charge on any atom is 0.152 e. The van der Waals surface area contributed by atoms with E-state index in [1.165, 1.54) is 18.4 Å². The van der Waals surface area contributed by atoms with E-state index in [2.05, 4.69) is 41.2 Å². The molecule has 130 valence electrons. The molecule has 0 spiro atoms. The molecule has 0 amide bonds. The van der Waals surface area contributed by atoms with Gasteiger partial charge in [-0.1, -0.05) is 25.5 Å². The van der Waals surface area contributed by atoms with E-state index in [1.54, 1.807) is 0 Å². The number of benzene rings is 1. The Morgan fingerprint density at radius 3 is 2.46 bits per heavy atom. The number of rotatable bonds is 6. The van der Waals surface area contributed by atoms with Crippen LogP contribution in [-0.4, -0.2) is 47.7 Å². The summed E-state index contributed by atoms with van der Waals surface area (Å²) in [7, 11) is -2.82. The molecule has 3 rings (SSSR count). The highest BCUT2D eigenvalue weighted by Gasteiger charge is 2.21. The molecule has 6 heteroatoms. The van der Waals surface area contributed by atoms with Crippen LogP contribution < -0.4 is 0 Å². The van der Waals surface area contributed by atoms with Crippen molar-refractivity contribution in [3.63, 3.8) is 0 Å². The fourth-order valence-corrected chi connectivity index (χ4v) is 4.22. The van der Waals surface area contributed by atoms with Gasteiger partial charge in [-0.2, -0.15) is 5.10 Å². The summed E-state index contributed by atoms with van der Waals surface area (Å²) in [6, 6.07) is 8.55. The maximum atomic E-state index is 11.5. The van der Waals surface area contributed by atoms with Gasteiger partial charge in [0.05, 0.1) is 23.4 Å². The molecule has 2 heterocycles. The van der Waals surface area contributed by atoms with E-state index in [0.29, 0.717) is 13.1 Å². The van der Waals surface area contributed by atoms with Crippen LogP contribution in [0.1, 0.15) is 30.9 Å². The van der Waals surface area contributed by atoms with Gasteiger partial charge < -0.3 is 0 Å². The lowest BCUT2D eigenvalue weighted by Gasteiger charge is -2.25. The molecule has 1 aliphatic heterocycles. The zero-order valence-corrected chi connectivity index (χ0v) is 15.0. The number of sulfone groups is 1. The first-order chi connectivity index (χ1) is 11.6. The van der Waals surface area contributed by atoms with Crippen molar-refractivity contribution < 1.29 is 8.42 Å². The van der Waals surface area contributed by atoms with Crippen LogP contribution in [0.25, 0.3) is 5.69 Å². The molecule has 1 aromatic carbocycles.